The summed E-state index contributed by atoms with van der Waals surface area (Å²) in [4.78, 5) is 46.3. The first-order chi connectivity index (χ1) is 20.7. The molecule has 11 nitrogen and oxygen atoms in total. The number of anilines is 1. The molecule has 0 spiro atoms. The molecule has 0 fully saturated rings. The van der Waals surface area contributed by atoms with Crippen molar-refractivity contribution in [2.24, 2.45) is 7.05 Å². The van der Waals surface area contributed by atoms with Crippen molar-refractivity contribution < 1.29 is 23.9 Å². The first-order valence-electron chi connectivity index (χ1n) is 13.2. The first kappa shape index (κ1) is 27.7. The Morgan fingerprint density at radius 1 is 1.14 bits per heavy atom. The van der Waals surface area contributed by atoms with E-state index in [0.717, 1.165) is 16.8 Å². The lowest BCUT2D eigenvalue weighted by molar-refractivity contribution is 0.101. The monoisotopic (exact) mass is 594 g/mol. The van der Waals surface area contributed by atoms with E-state index in [4.69, 9.17) is 16.0 Å². The molecule has 0 saturated carbocycles. The highest BCUT2D eigenvalue weighted by Crippen LogP contribution is 2.39. The number of carbonyl (C=O) groups is 3. The second kappa shape index (κ2) is 10.7. The van der Waals surface area contributed by atoms with Crippen LogP contribution in [-0.2, 0) is 20.0 Å². The molecule has 0 radical (unpaired) electrons. The molecule has 6 rings (SSSR count). The van der Waals surface area contributed by atoms with Crippen molar-refractivity contribution in [1.82, 2.24) is 19.4 Å². The van der Waals surface area contributed by atoms with Gasteiger partial charge in [-0.25, -0.2) is 14.8 Å². The number of rotatable bonds is 5. The molecule has 214 valence electrons. The van der Waals surface area contributed by atoms with Gasteiger partial charge in [0.1, 0.15) is 17.9 Å². The molecule has 2 amide bonds. The Hall–Kier alpha value is -5.47. The van der Waals surface area contributed by atoms with Crippen molar-refractivity contribution in [3.8, 4) is 28.7 Å². The zero-order chi connectivity index (χ0) is 30.4. The summed E-state index contributed by atoms with van der Waals surface area (Å²) < 4.78 is 7.67. The number of carbonyl (C=O) groups excluding carboxylic acids is 2. The van der Waals surface area contributed by atoms with E-state index >= 15 is 0 Å². The highest BCUT2D eigenvalue weighted by atomic mass is 35.5. The number of hydrogen-bond donors (Lipinski definition) is 2. The lowest BCUT2D eigenvalue weighted by atomic mass is 9.96. The number of halogens is 1. The van der Waals surface area contributed by atoms with E-state index < -0.39 is 12.0 Å². The lowest BCUT2D eigenvalue weighted by Gasteiger charge is -2.23. The normalized spacial score (nSPS) is 12.6. The molecule has 3 heterocycles. The van der Waals surface area contributed by atoms with E-state index in [9.17, 15) is 24.8 Å². The number of nitrogens with zero attached hydrogens (tertiary/aromatic N) is 5. The van der Waals surface area contributed by atoms with E-state index in [-0.39, 0.29) is 23.8 Å². The van der Waals surface area contributed by atoms with Gasteiger partial charge in [0.25, 0.3) is 5.91 Å². The minimum atomic E-state index is -1.03. The predicted molar refractivity (Wildman–Crippen MR) is 158 cm³/mol. The number of benzene rings is 3. The second-order valence-electron chi connectivity index (χ2n) is 10.1. The molecule has 5 aromatic rings. The van der Waals surface area contributed by atoms with E-state index in [1.165, 1.54) is 11.0 Å². The maximum absolute atomic E-state index is 13.3. The first-order valence-corrected chi connectivity index (χ1v) is 13.6. The van der Waals surface area contributed by atoms with Gasteiger partial charge in [-0.1, -0.05) is 35.9 Å². The molecule has 2 aromatic heterocycles. The smallest absolute Gasteiger partial charge is 0.407 e. The van der Waals surface area contributed by atoms with E-state index in [1.807, 2.05) is 31.2 Å². The Labute approximate surface area is 250 Å². The van der Waals surface area contributed by atoms with Crippen LogP contribution in [0.4, 0.5) is 10.5 Å². The van der Waals surface area contributed by atoms with Crippen molar-refractivity contribution in [2.75, 3.05) is 11.9 Å². The summed E-state index contributed by atoms with van der Waals surface area (Å²) in [6, 6.07) is 15.9. The molecule has 0 saturated heterocycles. The molecule has 43 heavy (non-hydrogen) atoms. The zero-order valence-electron chi connectivity index (χ0n) is 23.0. The lowest BCUT2D eigenvalue weighted by Crippen LogP contribution is -2.35. The van der Waals surface area contributed by atoms with Gasteiger partial charge >= 0.3 is 6.09 Å². The van der Waals surface area contributed by atoms with Crippen LogP contribution in [0.3, 0.4) is 0 Å². The summed E-state index contributed by atoms with van der Waals surface area (Å²) in [5, 5.41) is 22.0. The van der Waals surface area contributed by atoms with Crippen LogP contribution in [0, 0.1) is 18.3 Å². The maximum atomic E-state index is 13.3. The SMILES string of the molecule is Cc1c(-c2nc3cc(C=O)cc(C#N)c3o2)cccc1-c1cccc(NC(=O)c2nc3c(n2C)CCN(C(=O)O)C3)c1Cl. The summed E-state index contributed by atoms with van der Waals surface area (Å²) >= 11 is 6.86. The van der Waals surface area contributed by atoms with Gasteiger partial charge in [-0.2, -0.15) is 5.26 Å². The second-order valence-corrected chi connectivity index (χ2v) is 10.5. The van der Waals surface area contributed by atoms with Gasteiger partial charge in [-0.3, -0.25) is 9.59 Å². The van der Waals surface area contributed by atoms with Crippen LogP contribution < -0.4 is 5.32 Å². The third-order valence-electron chi connectivity index (χ3n) is 7.60. The molecular weight excluding hydrogens is 572 g/mol. The van der Waals surface area contributed by atoms with Gasteiger partial charge in [0, 0.05) is 42.4 Å². The number of fused-ring (bicyclic) bond motifs is 2. The van der Waals surface area contributed by atoms with Gasteiger partial charge in [0.05, 0.1) is 28.5 Å². The van der Waals surface area contributed by atoms with Crippen molar-refractivity contribution in [2.45, 2.75) is 19.9 Å². The third kappa shape index (κ3) is 4.77. The van der Waals surface area contributed by atoms with Crippen LogP contribution >= 0.6 is 11.6 Å². The minimum absolute atomic E-state index is 0.119. The highest BCUT2D eigenvalue weighted by Gasteiger charge is 2.28. The summed E-state index contributed by atoms with van der Waals surface area (Å²) in [6.45, 7) is 2.34. The number of aldehydes is 1. The molecule has 0 unspecified atom stereocenters. The molecule has 1 aliphatic rings. The fraction of sp³-hybridized carbons (Fsp3) is 0.161. The van der Waals surface area contributed by atoms with Crippen molar-refractivity contribution in [3.63, 3.8) is 0 Å². The van der Waals surface area contributed by atoms with Gasteiger partial charge < -0.3 is 24.3 Å². The van der Waals surface area contributed by atoms with Gasteiger partial charge in [0.2, 0.25) is 5.89 Å². The Morgan fingerprint density at radius 2 is 1.88 bits per heavy atom. The largest absolute Gasteiger partial charge is 0.465 e. The number of nitrogens with one attached hydrogen (secondary N) is 1. The predicted octanol–water partition coefficient (Wildman–Crippen LogP) is 5.83. The van der Waals surface area contributed by atoms with Crippen LogP contribution in [0.1, 0.15) is 43.5 Å². The van der Waals surface area contributed by atoms with Gasteiger partial charge in [-0.15, -0.1) is 0 Å². The summed E-state index contributed by atoms with van der Waals surface area (Å²) in [5.74, 6) is -0.0326. The topological polar surface area (TPSA) is 154 Å². The molecule has 0 aliphatic carbocycles. The molecular formula is C31H23ClN6O5. The zero-order valence-corrected chi connectivity index (χ0v) is 23.8. The molecule has 12 heteroatoms. The number of hydrogen-bond acceptors (Lipinski definition) is 7. The molecule has 1 aliphatic heterocycles. The average Bonchev–Trinajstić information content (AvgIpc) is 3.58. The highest BCUT2D eigenvalue weighted by molar-refractivity contribution is 6.36. The minimum Gasteiger partial charge on any atom is -0.465 e. The van der Waals surface area contributed by atoms with Crippen molar-refractivity contribution in [3.05, 3.63) is 87.5 Å². The molecule has 3 aromatic carbocycles. The quantitative estimate of drug-likeness (QED) is 0.241. The van der Waals surface area contributed by atoms with E-state index in [0.29, 0.717) is 63.4 Å². The Balaban J connectivity index is 1.33. The Bertz CT molecular complexity index is 2020. The third-order valence-corrected chi connectivity index (χ3v) is 8.01. The Morgan fingerprint density at radius 3 is 2.63 bits per heavy atom. The number of amides is 2. The number of oxazole rings is 1. The van der Waals surface area contributed by atoms with Crippen LogP contribution in [0.2, 0.25) is 5.02 Å². The number of aromatic nitrogens is 3. The molecule has 0 bridgehead atoms. The standard InChI is InChI=1S/C31H23ClN6O5/c1-16-19(5-3-6-20(16)30-36-23-12-17(15-39)11-18(13-33)27(23)43-30)21-7-4-8-22(26(21)32)35-29(40)28-34-24-14-38(31(41)42)10-9-25(24)37(28)2/h3-8,11-12,15H,9-10,14H2,1-2H3,(H,35,40)(H,41,42). The molecule has 2 N–H and O–H groups in total. The van der Waals surface area contributed by atoms with Gasteiger partial charge in [-0.05, 0) is 42.3 Å². The fourth-order valence-corrected chi connectivity index (χ4v) is 5.66. The Kier molecular flexibility index (Phi) is 6.91. The maximum Gasteiger partial charge on any atom is 0.407 e. The van der Waals surface area contributed by atoms with Crippen LogP contribution in [-0.4, -0.2) is 49.4 Å². The van der Waals surface area contributed by atoms with Crippen LogP contribution in [0.25, 0.3) is 33.7 Å². The molecule has 0 atom stereocenters. The average molecular weight is 595 g/mol. The van der Waals surface area contributed by atoms with E-state index in [1.54, 1.807) is 29.8 Å². The summed E-state index contributed by atoms with van der Waals surface area (Å²) in [6.07, 6.45) is 0.0873. The van der Waals surface area contributed by atoms with E-state index in [2.05, 4.69) is 21.4 Å². The fourth-order valence-electron chi connectivity index (χ4n) is 5.39. The van der Waals surface area contributed by atoms with Crippen molar-refractivity contribution in [1.29, 1.82) is 5.26 Å². The van der Waals surface area contributed by atoms with Crippen molar-refractivity contribution >= 4 is 46.7 Å². The van der Waals surface area contributed by atoms with Gasteiger partial charge in [0.15, 0.2) is 11.4 Å². The summed E-state index contributed by atoms with van der Waals surface area (Å²) in [5.41, 5.74) is 5.89. The van der Waals surface area contributed by atoms with Crippen LogP contribution in [0.15, 0.2) is 52.9 Å². The number of imidazole rings is 1. The number of carboxylic acid groups (broad SMARTS) is 1. The summed E-state index contributed by atoms with van der Waals surface area (Å²) in [7, 11) is 1.73. The number of nitriles is 1. The van der Waals surface area contributed by atoms with Crippen LogP contribution in [0.5, 0.6) is 0 Å².